The van der Waals surface area contributed by atoms with Crippen LogP contribution in [0.4, 0.5) is 0 Å². The zero-order chi connectivity index (χ0) is 21.6. The summed E-state index contributed by atoms with van der Waals surface area (Å²) in [7, 11) is 1.53. The summed E-state index contributed by atoms with van der Waals surface area (Å²) in [5.41, 5.74) is 0.384. The van der Waals surface area contributed by atoms with Crippen LogP contribution in [-0.4, -0.2) is 48.2 Å². The number of fused-ring (bicyclic) bond motifs is 5. The second-order valence-electron chi connectivity index (χ2n) is 8.49. The van der Waals surface area contributed by atoms with Gasteiger partial charge in [-0.2, -0.15) is 0 Å². The molecule has 5 atom stereocenters. The lowest BCUT2D eigenvalue weighted by Crippen LogP contribution is -2.50. The van der Waals surface area contributed by atoms with E-state index in [9.17, 15) is 19.2 Å². The predicted molar refractivity (Wildman–Crippen MR) is 106 cm³/mol. The van der Waals surface area contributed by atoms with Gasteiger partial charge in [-0.3, -0.25) is 19.3 Å². The first-order valence-corrected chi connectivity index (χ1v) is 10.2. The van der Waals surface area contributed by atoms with Crippen LogP contribution in [0.2, 0.25) is 0 Å². The molecule has 30 heavy (non-hydrogen) atoms. The van der Waals surface area contributed by atoms with Crippen LogP contribution in [0.15, 0.2) is 36.4 Å². The predicted octanol–water partition coefficient (Wildman–Crippen LogP) is 2.25. The number of ether oxygens (including phenoxy) is 2. The van der Waals surface area contributed by atoms with E-state index in [0.29, 0.717) is 11.3 Å². The quantitative estimate of drug-likeness (QED) is 0.296. The van der Waals surface area contributed by atoms with Gasteiger partial charge in [0.15, 0.2) is 12.4 Å². The number of carbonyl (C=O) groups excluding carboxylic acids is 4. The van der Waals surface area contributed by atoms with Gasteiger partial charge in [0.2, 0.25) is 11.8 Å². The number of hydrogen-bond donors (Lipinski definition) is 0. The first kappa shape index (κ1) is 20.3. The number of imide groups is 1. The molecule has 2 bridgehead atoms. The maximum absolute atomic E-state index is 13.0. The Morgan fingerprint density at radius 3 is 2.10 bits per heavy atom. The molecule has 158 valence electrons. The first-order chi connectivity index (χ1) is 14.3. The Balaban J connectivity index is 1.45. The summed E-state index contributed by atoms with van der Waals surface area (Å²) in [6.45, 7) is 3.07. The van der Waals surface area contributed by atoms with Crippen LogP contribution in [0.5, 0.6) is 5.75 Å². The lowest BCUT2D eigenvalue weighted by Gasteiger charge is -2.28. The minimum atomic E-state index is -1.03. The fourth-order valence-corrected chi connectivity index (χ4v) is 4.96. The Kier molecular flexibility index (Phi) is 5.22. The Labute approximate surface area is 175 Å². The fraction of sp³-hybridized carbons (Fsp3) is 0.478. The molecule has 2 aliphatic carbocycles. The molecule has 0 radical (unpaired) electrons. The van der Waals surface area contributed by atoms with Crippen molar-refractivity contribution in [3.05, 3.63) is 42.0 Å². The van der Waals surface area contributed by atoms with Crippen molar-refractivity contribution in [1.29, 1.82) is 0 Å². The van der Waals surface area contributed by atoms with Crippen molar-refractivity contribution in [2.45, 2.75) is 26.3 Å². The van der Waals surface area contributed by atoms with E-state index < -0.39 is 18.6 Å². The summed E-state index contributed by atoms with van der Waals surface area (Å²) in [4.78, 5) is 52.4. The molecule has 1 heterocycles. The molecule has 1 saturated carbocycles. The van der Waals surface area contributed by atoms with Crippen LogP contribution < -0.4 is 4.74 Å². The van der Waals surface area contributed by atoms with E-state index in [1.807, 2.05) is 12.2 Å². The number of Topliss-reactive ketones (excluding diaryl/α,β-unsaturated/α-hetero) is 1. The SMILES string of the molecule is COc1ccc(C(=O)COC(=O)[C@@H](C(C)C)N2C(=O)[C@@H]3[C@@H](C2=O)[C@H]2C=C[C@H]3C2)cc1. The summed E-state index contributed by atoms with van der Waals surface area (Å²) in [6, 6.07) is 5.45. The van der Waals surface area contributed by atoms with Crippen molar-refractivity contribution in [1.82, 2.24) is 4.90 Å². The number of allylic oxidation sites excluding steroid dienone is 2. The molecule has 1 saturated heterocycles. The molecule has 3 aliphatic rings. The third kappa shape index (κ3) is 3.22. The molecule has 1 aromatic rings. The summed E-state index contributed by atoms with van der Waals surface area (Å²) < 4.78 is 10.3. The largest absolute Gasteiger partial charge is 0.497 e. The van der Waals surface area contributed by atoms with E-state index in [1.165, 1.54) is 7.11 Å². The molecule has 4 rings (SSSR count). The zero-order valence-corrected chi connectivity index (χ0v) is 17.2. The highest BCUT2D eigenvalue weighted by molar-refractivity contribution is 6.09. The molecule has 7 nitrogen and oxygen atoms in total. The summed E-state index contributed by atoms with van der Waals surface area (Å²) in [5.74, 6) is -2.00. The van der Waals surface area contributed by atoms with Crippen molar-refractivity contribution in [2.75, 3.05) is 13.7 Å². The van der Waals surface area contributed by atoms with Gasteiger partial charge in [-0.05, 0) is 48.4 Å². The Morgan fingerprint density at radius 1 is 1.03 bits per heavy atom. The lowest BCUT2D eigenvalue weighted by molar-refractivity contribution is -0.160. The number of carbonyl (C=O) groups is 4. The minimum Gasteiger partial charge on any atom is -0.497 e. The van der Waals surface area contributed by atoms with Gasteiger partial charge < -0.3 is 9.47 Å². The normalized spacial score (nSPS) is 27.5. The minimum absolute atomic E-state index is 0.0712. The van der Waals surface area contributed by atoms with Crippen molar-refractivity contribution < 1.29 is 28.7 Å². The first-order valence-electron chi connectivity index (χ1n) is 10.2. The molecular weight excluding hydrogens is 386 g/mol. The maximum Gasteiger partial charge on any atom is 0.330 e. The van der Waals surface area contributed by atoms with Gasteiger partial charge >= 0.3 is 5.97 Å². The monoisotopic (exact) mass is 411 g/mol. The highest BCUT2D eigenvalue weighted by Crippen LogP contribution is 2.53. The summed E-state index contributed by atoms with van der Waals surface area (Å²) >= 11 is 0. The molecular formula is C23H25NO6. The van der Waals surface area contributed by atoms with E-state index in [4.69, 9.17) is 9.47 Å². The van der Waals surface area contributed by atoms with Crippen molar-refractivity contribution in [3.8, 4) is 5.75 Å². The number of amides is 2. The molecule has 2 fully saturated rings. The number of ketones is 1. The number of likely N-dealkylation sites (tertiary alicyclic amines) is 1. The van der Waals surface area contributed by atoms with Crippen molar-refractivity contribution in [2.24, 2.45) is 29.6 Å². The van der Waals surface area contributed by atoms with Crippen LogP contribution in [0, 0.1) is 29.6 Å². The Morgan fingerprint density at radius 2 is 1.60 bits per heavy atom. The maximum atomic E-state index is 13.0. The topological polar surface area (TPSA) is 90.0 Å². The molecule has 0 spiro atoms. The fourth-order valence-electron chi connectivity index (χ4n) is 4.96. The molecule has 7 heteroatoms. The smallest absolute Gasteiger partial charge is 0.330 e. The van der Waals surface area contributed by atoms with E-state index in [0.717, 1.165) is 11.3 Å². The molecule has 2 amide bonds. The van der Waals surface area contributed by atoms with Gasteiger partial charge in [0.25, 0.3) is 0 Å². The number of methoxy groups -OCH3 is 1. The Bertz CT molecular complexity index is 888. The van der Waals surface area contributed by atoms with Crippen molar-refractivity contribution in [3.63, 3.8) is 0 Å². The average molecular weight is 411 g/mol. The van der Waals surface area contributed by atoms with Gasteiger partial charge in [-0.15, -0.1) is 0 Å². The van der Waals surface area contributed by atoms with Gasteiger partial charge in [0.1, 0.15) is 11.8 Å². The van der Waals surface area contributed by atoms with Crippen molar-refractivity contribution >= 4 is 23.6 Å². The van der Waals surface area contributed by atoms with Gasteiger partial charge in [-0.1, -0.05) is 26.0 Å². The molecule has 1 aliphatic heterocycles. The summed E-state index contributed by atoms with van der Waals surface area (Å²) in [5, 5.41) is 0. The van der Waals surface area contributed by atoms with Gasteiger partial charge in [0, 0.05) is 5.56 Å². The van der Waals surface area contributed by atoms with Gasteiger partial charge in [0.05, 0.1) is 18.9 Å². The molecule has 1 aromatic carbocycles. The van der Waals surface area contributed by atoms with Crippen LogP contribution in [0.3, 0.4) is 0 Å². The summed E-state index contributed by atoms with van der Waals surface area (Å²) in [6.07, 6.45) is 4.85. The highest BCUT2D eigenvalue weighted by Gasteiger charge is 2.61. The standard InChI is InChI=1S/C23H25NO6/c1-12(2)20(23(28)30-11-17(25)13-6-8-16(29-3)9-7-13)24-21(26)18-14-4-5-15(10-14)19(18)22(24)27/h4-9,12,14-15,18-20H,10-11H2,1-3H3/t14-,15-,18-,19-,20+/m0/s1. The third-order valence-corrected chi connectivity index (χ3v) is 6.41. The molecule has 0 N–H and O–H groups in total. The van der Waals surface area contributed by atoms with E-state index in [2.05, 4.69) is 0 Å². The number of rotatable bonds is 7. The number of nitrogens with zero attached hydrogens (tertiary/aromatic N) is 1. The second-order valence-corrected chi connectivity index (χ2v) is 8.49. The Hall–Kier alpha value is -2.96. The number of benzene rings is 1. The van der Waals surface area contributed by atoms with E-state index >= 15 is 0 Å². The average Bonchev–Trinajstić information content (AvgIpc) is 3.42. The highest BCUT2D eigenvalue weighted by atomic mass is 16.5. The lowest BCUT2D eigenvalue weighted by atomic mass is 9.85. The van der Waals surface area contributed by atoms with E-state index in [-0.39, 0.29) is 47.2 Å². The van der Waals surface area contributed by atoms with Crippen LogP contribution in [0.1, 0.15) is 30.6 Å². The van der Waals surface area contributed by atoms with Gasteiger partial charge in [-0.25, -0.2) is 4.79 Å². The number of esters is 1. The van der Waals surface area contributed by atoms with Crippen LogP contribution in [0.25, 0.3) is 0 Å². The third-order valence-electron chi connectivity index (χ3n) is 6.41. The van der Waals surface area contributed by atoms with E-state index in [1.54, 1.807) is 38.1 Å². The number of hydrogen-bond acceptors (Lipinski definition) is 6. The second kappa shape index (κ2) is 7.70. The zero-order valence-electron chi connectivity index (χ0n) is 17.2. The molecule has 0 unspecified atom stereocenters. The van der Waals surface area contributed by atoms with Crippen LogP contribution in [-0.2, 0) is 19.1 Å². The van der Waals surface area contributed by atoms with Crippen LogP contribution >= 0.6 is 0 Å². The molecule has 0 aromatic heterocycles.